The average Bonchev–Trinajstić information content (AvgIpc) is 2.05. The van der Waals surface area contributed by atoms with Gasteiger partial charge < -0.3 is 0 Å². The van der Waals surface area contributed by atoms with Gasteiger partial charge in [-0.2, -0.15) is 0 Å². The normalized spacial score (nSPS) is 7.69. The number of rotatable bonds is 0. The van der Waals surface area contributed by atoms with Crippen LogP contribution in [0.4, 0.5) is 9.41 Å². The predicted molar refractivity (Wildman–Crippen MR) is 49.0 cm³/mol. The second-order valence-electron chi connectivity index (χ2n) is 2.35. The number of benzene rings is 2. The van der Waals surface area contributed by atoms with Gasteiger partial charge >= 0.3 is 0 Å². The van der Waals surface area contributed by atoms with E-state index in [9.17, 15) is 0 Å². The Hall–Kier alpha value is -0.817. The molecule has 0 saturated heterocycles. The summed E-state index contributed by atoms with van der Waals surface area (Å²) in [6.07, 6.45) is 0. The molecule has 0 aliphatic rings. The van der Waals surface area contributed by atoms with Crippen molar-refractivity contribution in [1.29, 1.82) is 0 Å². The average molecular weight is 269 g/mol. The third kappa shape index (κ3) is 3.19. The monoisotopic (exact) mass is 270 g/mol. The first-order valence-electron chi connectivity index (χ1n) is 3.40. The maximum atomic E-state index is 2.12. The molecule has 0 aliphatic carbocycles. The van der Waals surface area contributed by atoms with E-state index < -0.39 is 0 Å². The molecule has 0 bridgehead atoms. The molecule has 0 unspecified atom stereocenters. The number of hydrogen-bond acceptors (Lipinski definition) is 0. The van der Waals surface area contributed by atoms with Crippen LogP contribution < -0.4 is 0 Å². The van der Waals surface area contributed by atoms with E-state index in [0.29, 0.717) is 0 Å². The molecule has 0 spiro atoms. The van der Waals surface area contributed by atoms with E-state index in [1.807, 2.05) is 0 Å². The third-order valence-electron chi connectivity index (χ3n) is 1.66. The molecule has 0 atom stereocenters. The zero-order valence-electron chi connectivity index (χ0n) is 6.79. The van der Waals surface area contributed by atoms with Crippen LogP contribution in [0, 0.1) is 0 Å². The molecule has 72 valence electrons. The molecule has 13 heavy (non-hydrogen) atoms. The Morgan fingerprint density at radius 1 is 0.538 bits per heavy atom. The van der Waals surface area contributed by atoms with E-state index >= 15 is 0 Å². The van der Waals surface area contributed by atoms with Crippen molar-refractivity contribution in [2.45, 2.75) is 0 Å². The minimum atomic E-state index is 0. The Morgan fingerprint density at radius 3 is 1.00 bits per heavy atom. The fourth-order valence-corrected chi connectivity index (χ4v) is 1.13. The summed E-state index contributed by atoms with van der Waals surface area (Å²) >= 11 is 0. The molecule has 0 fully saturated rings. The summed E-state index contributed by atoms with van der Waals surface area (Å²) in [5.74, 6) is 0. The first kappa shape index (κ1) is 14.7. The van der Waals surface area contributed by atoms with Crippen LogP contribution in [0.15, 0.2) is 48.5 Å². The molecule has 2 aromatic rings. The van der Waals surface area contributed by atoms with Crippen molar-refractivity contribution in [3.05, 3.63) is 48.5 Å². The van der Waals surface area contributed by atoms with Crippen molar-refractivity contribution in [2.75, 3.05) is 0 Å². The first-order chi connectivity index (χ1) is 4.97. The maximum absolute atomic E-state index is 2.12. The molecule has 2 aromatic carbocycles. The van der Waals surface area contributed by atoms with Gasteiger partial charge in [0.05, 0.1) is 0 Å². The number of fused-ring (bicyclic) bond motifs is 1. The van der Waals surface area contributed by atoms with Gasteiger partial charge in [0.25, 0.3) is 0 Å². The van der Waals surface area contributed by atoms with E-state index in [1.54, 1.807) is 0 Å². The molecule has 2 rings (SSSR count). The van der Waals surface area contributed by atoms with Gasteiger partial charge in [0.1, 0.15) is 0 Å². The van der Waals surface area contributed by atoms with Crippen LogP contribution in [-0.2, 0) is 19.5 Å². The van der Waals surface area contributed by atoms with Crippen molar-refractivity contribution in [1.82, 2.24) is 0 Å². The van der Waals surface area contributed by atoms with E-state index in [2.05, 4.69) is 48.5 Å². The molecule has 0 saturated carbocycles. The summed E-state index contributed by atoms with van der Waals surface area (Å²) in [6, 6.07) is 16.7. The Labute approximate surface area is 88.5 Å². The summed E-state index contributed by atoms with van der Waals surface area (Å²) < 4.78 is 0. The second-order valence-corrected chi connectivity index (χ2v) is 2.35. The largest absolute Gasteiger partial charge is 0.269 e. The Morgan fingerprint density at radius 2 is 0.769 bits per heavy atom. The van der Waals surface area contributed by atoms with Crippen LogP contribution in [0.5, 0.6) is 0 Å². The smallest absolute Gasteiger partial charge is 0 e. The molecule has 0 amide bonds. The van der Waals surface area contributed by atoms with Gasteiger partial charge in [-0.25, -0.2) is 0 Å². The topological polar surface area (TPSA) is 0 Å². The van der Waals surface area contributed by atoms with Crippen LogP contribution in [-0.4, -0.2) is 0 Å². The second kappa shape index (κ2) is 6.67. The molecule has 0 N–H and O–H groups in total. The molecule has 3 heteroatoms. The van der Waals surface area contributed by atoms with Gasteiger partial charge in [0.15, 0.2) is 0 Å². The van der Waals surface area contributed by atoms with Crippen LogP contribution >= 0.6 is 0 Å². The fourth-order valence-electron chi connectivity index (χ4n) is 1.13. The predicted octanol–water partition coefficient (Wildman–Crippen LogP) is 3.14. The third-order valence-corrected chi connectivity index (χ3v) is 1.66. The first-order valence-corrected chi connectivity index (χ1v) is 3.40. The van der Waals surface area contributed by atoms with Gasteiger partial charge in [-0.05, 0) is 10.8 Å². The maximum Gasteiger partial charge on any atom is 0 e. The molecule has 0 aliphatic heterocycles. The van der Waals surface area contributed by atoms with E-state index in [4.69, 9.17) is 0 Å². The summed E-state index contributed by atoms with van der Waals surface area (Å²) in [5, 5.41) is 2.62. The van der Waals surface area contributed by atoms with Crippen molar-refractivity contribution in [3.63, 3.8) is 0 Å². The van der Waals surface area contributed by atoms with Crippen LogP contribution in [0.25, 0.3) is 10.8 Å². The van der Waals surface area contributed by atoms with Crippen LogP contribution in [0.1, 0.15) is 0 Å². The Balaban J connectivity index is 0. The summed E-state index contributed by atoms with van der Waals surface area (Å²) in [4.78, 5) is 0. The van der Waals surface area contributed by atoms with E-state index in [0.717, 1.165) is 0 Å². The minimum absolute atomic E-state index is 0. The molecule has 0 radical (unpaired) electrons. The molecule has 0 nitrogen and oxygen atoms in total. The summed E-state index contributed by atoms with van der Waals surface area (Å²) in [5.41, 5.74) is 0. The number of halogens is 2. The standard InChI is InChI=1S/C10H8.2FH.Ru/c1-2-6-10-8-4-3-7-9(10)5-1;;;/h1-8H;2*1H;. The Kier molecular flexibility index (Phi) is 7.54. The SMILES string of the molecule is F.F.[Ru].c1ccc2ccccc2c1. The zero-order valence-corrected chi connectivity index (χ0v) is 8.53. The van der Waals surface area contributed by atoms with E-state index in [-0.39, 0.29) is 28.9 Å². The van der Waals surface area contributed by atoms with Gasteiger partial charge in [-0.1, -0.05) is 48.5 Å². The summed E-state index contributed by atoms with van der Waals surface area (Å²) in [7, 11) is 0. The molecular weight excluding hydrogens is 259 g/mol. The molecule has 0 heterocycles. The van der Waals surface area contributed by atoms with Gasteiger partial charge in [-0.3, -0.25) is 9.41 Å². The Bertz CT molecular complexity index is 284. The molecule has 0 aromatic heterocycles. The molecular formula is C10H10F2Ru. The van der Waals surface area contributed by atoms with E-state index in [1.165, 1.54) is 10.8 Å². The zero-order chi connectivity index (χ0) is 6.81. The van der Waals surface area contributed by atoms with Gasteiger partial charge in [0.2, 0.25) is 0 Å². The number of hydrogen-bond donors (Lipinski definition) is 0. The minimum Gasteiger partial charge on any atom is -0.269 e. The fraction of sp³-hybridized carbons (Fsp3) is 0. The van der Waals surface area contributed by atoms with Crippen molar-refractivity contribution >= 4 is 10.8 Å². The van der Waals surface area contributed by atoms with Crippen molar-refractivity contribution < 1.29 is 28.9 Å². The van der Waals surface area contributed by atoms with Crippen LogP contribution in [0.3, 0.4) is 0 Å². The summed E-state index contributed by atoms with van der Waals surface area (Å²) in [6.45, 7) is 0. The van der Waals surface area contributed by atoms with Crippen LogP contribution in [0.2, 0.25) is 0 Å². The van der Waals surface area contributed by atoms with Gasteiger partial charge in [0, 0.05) is 19.5 Å². The van der Waals surface area contributed by atoms with Gasteiger partial charge in [-0.15, -0.1) is 0 Å². The van der Waals surface area contributed by atoms with Crippen molar-refractivity contribution in [2.24, 2.45) is 0 Å². The van der Waals surface area contributed by atoms with Crippen molar-refractivity contribution in [3.8, 4) is 0 Å². The quantitative estimate of drug-likeness (QED) is 0.645.